The number of carbonyl (C=O) groups is 2. The number of sulfonamides is 1. The Morgan fingerprint density at radius 3 is 2.27 bits per heavy atom. The average molecular weight is 426 g/mol. The van der Waals surface area contributed by atoms with Crippen molar-refractivity contribution in [2.45, 2.75) is 24.8 Å². The van der Waals surface area contributed by atoms with Gasteiger partial charge < -0.3 is 0 Å². The molecule has 1 atom stereocenters. The summed E-state index contributed by atoms with van der Waals surface area (Å²) in [7, 11) is -3.97. The Balaban J connectivity index is 1.73. The Morgan fingerprint density at radius 1 is 0.900 bits per heavy atom. The van der Waals surface area contributed by atoms with Gasteiger partial charge in [0.05, 0.1) is 4.90 Å². The molecule has 1 unspecified atom stereocenters. The fourth-order valence-electron chi connectivity index (χ4n) is 2.82. The third-order valence-corrected chi connectivity index (χ3v) is 5.90. The SMILES string of the molecule is CC(C)C(NS(=O)(=O)c1ccc2ccccc2c1)C(=O)NNC(=O)c1ccccn1. The maximum absolute atomic E-state index is 12.9. The van der Waals surface area contributed by atoms with Crippen LogP contribution in [0.4, 0.5) is 0 Å². The molecular formula is C21H22N4O4S. The molecule has 9 heteroatoms. The van der Waals surface area contributed by atoms with Gasteiger partial charge in [0.1, 0.15) is 11.7 Å². The summed E-state index contributed by atoms with van der Waals surface area (Å²) in [6.45, 7) is 3.40. The van der Waals surface area contributed by atoms with E-state index in [1.807, 2.05) is 24.3 Å². The van der Waals surface area contributed by atoms with Crippen molar-refractivity contribution >= 4 is 32.6 Å². The predicted octanol–water partition coefficient (Wildman–Crippen LogP) is 2.00. The minimum absolute atomic E-state index is 0.0529. The molecule has 0 aliphatic heterocycles. The van der Waals surface area contributed by atoms with Crippen LogP contribution in [0.5, 0.6) is 0 Å². The first-order valence-electron chi connectivity index (χ1n) is 9.30. The van der Waals surface area contributed by atoms with E-state index in [0.29, 0.717) is 0 Å². The zero-order valence-electron chi connectivity index (χ0n) is 16.5. The van der Waals surface area contributed by atoms with E-state index in [2.05, 4.69) is 20.6 Å². The summed E-state index contributed by atoms with van der Waals surface area (Å²) in [5, 5.41) is 1.68. The molecule has 0 aliphatic carbocycles. The minimum Gasteiger partial charge on any atom is -0.271 e. The topological polar surface area (TPSA) is 117 Å². The lowest BCUT2D eigenvalue weighted by molar-refractivity contribution is -0.124. The number of carbonyl (C=O) groups excluding carboxylic acids is 2. The summed E-state index contributed by atoms with van der Waals surface area (Å²) >= 11 is 0. The number of hydrazine groups is 1. The standard InChI is InChI=1S/C21H22N4O4S/c1-14(2)19(21(27)24-23-20(26)18-9-5-6-12-22-18)25-30(28,29)17-11-10-15-7-3-4-8-16(15)13-17/h3-14,19,25H,1-2H3,(H,23,26)(H,24,27). The number of benzene rings is 2. The van der Waals surface area contributed by atoms with Crippen LogP contribution >= 0.6 is 0 Å². The van der Waals surface area contributed by atoms with Gasteiger partial charge in [-0.05, 0) is 41.0 Å². The second-order valence-corrected chi connectivity index (χ2v) is 8.72. The van der Waals surface area contributed by atoms with Crippen LogP contribution < -0.4 is 15.6 Å². The molecule has 3 N–H and O–H groups in total. The molecule has 0 saturated carbocycles. The van der Waals surface area contributed by atoms with E-state index < -0.39 is 27.9 Å². The van der Waals surface area contributed by atoms with Crippen molar-refractivity contribution in [1.82, 2.24) is 20.6 Å². The van der Waals surface area contributed by atoms with Crippen molar-refractivity contribution in [1.29, 1.82) is 0 Å². The molecule has 2 aromatic carbocycles. The van der Waals surface area contributed by atoms with Crippen molar-refractivity contribution in [3.8, 4) is 0 Å². The van der Waals surface area contributed by atoms with Crippen molar-refractivity contribution in [3.05, 3.63) is 72.6 Å². The van der Waals surface area contributed by atoms with E-state index in [1.54, 1.807) is 38.1 Å². The molecule has 3 rings (SSSR count). The van der Waals surface area contributed by atoms with Crippen LogP contribution in [0.1, 0.15) is 24.3 Å². The molecule has 3 aromatic rings. The van der Waals surface area contributed by atoms with Crippen LogP contribution in [0.25, 0.3) is 10.8 Å². The van der Waals surface area contributed by atoms with E-state index in [9.17, 15) is 18.0 Å². The number of nitrogens with one attached hydrogen (secondary N) is 3. The summed E-state index contributed by atoms with van der Waals surface area (Å²) in [5.41, 5.74) is 4.63. The number of fused-ring (bicyclic) bond motifs is 1. The highest BCUT2D eigenvalue weighted by atomic mass is 32.2. The van der Waals surface area contributed by atoms with Crippen molar-refractivity contribution in [2.75, 3.05) is 0 Å². The fraction of sp³-hybridized carbons (Fsp3) is 0.190. The first-order valence-corrected chi connectivity index (χ1v) is 10.8. The number of aromatic nitrogens is 1. The lowest BCUT2D eigenvalue weighted by Crippen LogP contribution is -2.54. The number of nitrogens with zero attached hydrogens (tertiary/aromatic N) is 1. The van der Waals surface area contributed by atoms with E-state index >= 15 is 0 Å². The second kappa shape index (κ2) is 9.02. The van der Waals surface area contributed by atoms with Gasteiger partial charge in [0.2, 0.25) is 10.0 Å². The number of hydrogen-bond acceptors (Lipinski definition) is 5. The molecule has 1 heterocycles. The summed E-state index contributed by atoms with van der Waals surface area (Å²) < 4.78 is 28.2. The third kappa shape index (κ3) is 5.00. The number of rotatable bonds is 6. The fourth-order valence-corrected chi connectivity index (χ4v) is 4.20. The van der Waals surface area contributed by atoms with Gasteiger partial charge in [-0.1, -0.05) is 50.2 Å². The predicted molar refractivity (Wildman–Crippen MR) is 113 cm³/mol. The lowest BCUT2D eigenvalue weighted by Gasteiger charge is -2.21. The highest BCUT2D eigenvalue weighted by Gasteiger charge is 2.29. The van der Waals surface area contributed by atoms with Crippen LogP contribution in [0, 0.1) is 5.92 Å². The van der Waals surface area contributed by atoms with Crippen LogP contribution in [-0.2, 0) is 14.8 Å². The molecule has 30 heavy (non-hydrogen) atoms. The van der Waals surface area contributed by atoms with Crippen molar-refractivity contribution in [3.63, 3.8) is 0 Å². The summed E-state index contributed by atoms with van der Waals surface area (Å²) in [4.78, 5) is 28.6. The van der Waals surface area contributed by atoms with E-state index in [4.69, 9.17) is 0 Å². The van der Waals surface area contributed by atoms with Gasteiger partial charge in [0, 0.05) is 6.20 Å². The molecule has 0 saturated heterocycles. The number of amides is 2. The summed E-state index contributed by atoms with van der Waals surface area (Å²) in [6.07, 6.45) is 1.45. The Bertz CT molecular complexity index is 1160. The van der Waals surface area contributed by atoms with E-state index in [0.717, 1.165) is 10.8 Å². The van der Waals surface area contributed by atoms with Crippen LogP contribution in [0.15, 0.2) is 71.8 Å². The molecule has 0 aliphatic rings. The number of pyridine rings is 1. The third-order valence-electron chi connectivity index (χ3n) is 4.46. The molecule has 2 amide bonds. The normalized spacial score (nSPS) is 12.5. The zero-order chi connectivity index (χ0) is 21.7. The van der Waals surface area contributed by atoms with Gasteiger partial charge in [0.25, 0.3) is 11.8 Å². The van der Waals surface area contributed by atoms with Gasteiger partial charge in [-0.3, -0.25) is 25.4 Å². The molecule has 1 aromatic heterocycles. The van der Waals surface area contributed by atoms with Crippen LogP contribution in [0.2, 0.25) is 0 Å². The first kappa shape index (κ1) is 21.4. The van der Waals surface area contributed by atoms with Gasteiger partial charge >= 0.3 is 0 Å². The molecule has 156 valence electrons. The molecule has 8 nitrogen and oxygen atoms in total. The van der Waals surface area contributed by atoms with E-state index in [-0.39, 0.29) is 16.5 Å². The Morgan fingerprint density at radius 2 is 1.60 bits per heavy atom. The maximum atomic E-state index is 12.9. The Hall–Kier alpha value is -3.30. The zero-order valence-corrected chi connectivity index (χ0v) is 17.3. The van der Waals surface area contributed by atoms with Gasteiger partial charge in [0.15, 0.2) is 0 Å². The number of hydrogen-bond donors (Lipinski definition) is 3. The largest absolute Gasteiger partial charge is 0.288 e. The van der Waals surface area contributed by atoms with Crippen LogP contribution in [0.3, 0.4) is 0 Å². The molecular weight excluding hydrogens is 404 g/mol. The average Bonchev–Trinajstić information content (AvgIpc) is 2.75. The van der Waals surface area contributed by atoms with Crippen molar-refractivity contribution < 1.29 is 18.0 Å². The lowest BCUT2D eigenvalue weighted by atomic mass is 10.1. The Kier molecular flexibility index (Phi) is 6.43. The Labute approximate surface area is 174 Å². The highest BCUT2D eigenvalue weighted by molar-refractivity contribution is 7.89. The molecule has 0 bridgehead atoms. The quantitative estimate of drug-likeness (QED) is 0.521. The van der Waals surface area contributed by atoms with Gasteiger partial charge in [-0.15, -0.1) is 0 Å². The van der Waals surface area contributed by atoms with Crippen LogP contribution in [-0.4, -0.2) is 31.3 Å². The van der Waals surface area contributed by atoms with Crippen molar-refractivity contribution in [2.24, 2.45) is 5.92 Å². The molecule has 0 radical (unpaired) electrons. The molecule has 0 fully saturated rings. The highest BCUT2D eigenvalue weighted by Crippen LogP contribution is 2.19. The van der Waals surface area contributed by atoms with Gasteiger partial charge in [-0.2, -0.15) is 4.72 Å². The van der Waals surface area contributed by atoms with Gasteiger partial charge in [-0.25, -0.2) is 8.42 Å². The summed E-state index contributed by atoms with van der Waals surface area (Å²) in [5.74, 6) is -1.66. The maximum Gasteiger partial charge on any atom is 0.288 e. The smallest absolute Gasteiger partial charge is 0.271 e. The van der Waals surface area contributed by atoms with E-state index in [1.165, 1.54) is 18.3 Å². The monoisotopic (exact) mass is 426 g/mol. The minimum atomic E-state index is -3.97. The second-order valence-electron chi connectivity index (χ2n) is 7.01. The molecule has 0 spiro atoms. The summed E-state index contributed by atoms with van der Waals surface area (Å²) in [6, 6.07) is 15.8. The first-order chi connectivity index (χ1) is 14.3.